The zero-order valence-corrected chi connectivity index (χ0v) is 21.6. The topological polar surface area (TPSA) is 51.7 Å². The molecule has 11 heteroatoms. The van der Waals surface area contributed by atoms with Crippen molar-refractivity contribution in [3.8, 4) is 0 Å². The van der Waals surface area contributed by atoms with Gasteiger partial charge in [0.15, 0.2) is 0 Å². The first kappa shape index (κ1) is 27.6. The second-order valence-electron chi connectivity index (χ2n) is 8.00. The van der Waals surface area contributed by atoms with Gasteiger partial charge in [-0.1, -0.05) is 11.6 Å². The largest absolute Gasteiger partial charge is 0.368 e. The standard InChI is InChI=1S/C21H26ClN5OS.3ClH/c22-15-1-2-17-18(11-15)23-4-3-20(17)26-7-5-25(6-8-26)16-12-19(24-13-16)21(28)27-9-10-29-14-27;;;/h1-4,11,16,19,24H,5-10,12-14H2;3*1H/t16-,19-;;;/m0.../s1. The molecule has 4 heterocycles. The Balaban J connectivity index is 0.00000121. The number of pyridine rings is 1. The molecular weight excluding hydrogens is 512 g/mol. The summed E-state index contributed by atoms with van der Waals surface area (Å²) in [5.41, 5.74) is 2.18. The molecule has 6 nitrogen and oxygen atoms in total. The van der Waals surface area contributed by atoms with Gasteiger partial charge in [-0.3, -0.25) is 14.7 Å². The van der Waals surface area contributed by atoms with Crippen LogP contribution in [0, 0.1) is 0 Å². The van der Waals surface area contributed by atoms with Crippen LogP contribution >= 0.6 is 60.6 Å². The van der Waals surface area contributed by atoms with E-state index in [9.17, 15) is 4.79 Å². The Morgan fingerprint density at radius 1 is 1.09 bits per heavy atom. The SMILES string of the molecule is Cl.Cl.Cl.O=C([C@@H]1C[C@H](N2CCN(c3ccnc4cc(Cl)ccc34)CC2)CN1)N1CCSC1. The first-order valence-electron chi connectivity index (χ1n) is 10.3. The molecule has 0 bridgehead atoms. The van der Waals surface area contributed by atoms with Crippen LogP contribution in [0.4, 0.5) is 5.69 Å². The van der Waals surface area contributed by atoms with Crippen molar-refractivity contribution in [2.75, 3.05) is 55.8 Å². The van der Waals surface area contributed by atoms with Gasteiger partial charge in [0.25, 0.3) is 0 Å². The van der Waals surface area contributed by atoms with Gasteiger partial charge in [-0.05, 0) is 30.7 Å². The van der Waals surface area contributed by atoms with E-state index in [1.54, 1.807) is 0 Å². The lowest BCUT2D eigenvalue weighted by molar-refractivity contribution is -0.131. The molecule has 0 aliphatic carbocycles. The van der Waals surface area contributed by atoms with Crippen LogP contribution < -0.4 is 10.2 Å². The van der Waals surface area contributed by atoms with E-state index >= 15 is 0 Å². The number of hydrogen-bond acceptors (Lipinski definition) is 6. The molecule has 1 aromatic heterocycles. The fourth-order valence-corrected chi connectivity index (χ4v) is 5.82. The monoisotopic (exact) mass is 539 g/mol. The fraction of sp³-hybridized carbons (Fsp3) is 0.524. The van der Waals surface area contributed by atoms with Crippen LogP contribution in [-0.2, 0) is 4.79 Å². The Morgan fingerprint density at radius 3 is 2.59 bits per heavy atom. The van der Waals surface area contributed by atoms with Gasteiger partial charge >= 0.3 is 0 Å². The zero-order chi connectivity index (χ0) is 19.8. The number of nitrogens with zero attached hydrogens (tertiary/aromatic N) is 4. The molecule has 0 radical (unpaired) electrons. The maximum atomic E-state index is 12.7. The molecule has 178 valence electrons. The lowest BCUT2D eigenvalue weighted by atomic mass is 10.1. The minimum absolute atomic E-state index is 0. The van der Waals surface area contributed by atoms with Crippen molar-refractivity contribution in [1.82, 2.24) is 20.1 Å². The summed E-state index contributed by atoms with van der Waals surface area (Å²) >= 11 is 7.98. The highest BCUT2D eigenvalue weighted by Crippen LogP contribution is 2.29. The molecule has 3 fully saturated rings. The quantitative estimate of drug-likeness (QED) is 0.642. The van der Waals surface area contributed by atoms with Gasteiger partial charge < -0.3 is 15.1 Å². The van der Waals surface area contributed by atoms with Crippen molar-refractivity contribution in [2.24, 2.45) is 0 Å². The molecule has 0 saturated carbocycles. The molecule has 1 aromatic carbocycles. The number of amides is 1. The lowest BCUT2D eigenvalue weighted by Gasteiger charge is -2.39. The smallest absolute Gasteiger partial charge is 0.240 e. The zero-order valence-electron chi connectivity index (χ0n) is 17.6. The Morgan fingerprint density at radius 2 is 1.88 bits per heavy atom. The van der Waals surface area contributed by atoms with Crippen molar-refractivity contribution >= 4 is 83.1 Å². The van der Waals surface area contributed by atoms with E-state index in [2.05, 4.69) is 32.2 Å². The molecule has 3 aliphatic heterocycles. The van der Waals surface area contributed by atoms with Crippen molar-refractivity contribution in [3.63, 3.8) is 0 Å². The maximum absolute atomic E-state index is 12.7. The summed E-state index contributed by atoms with van der Waals surface area (Å²) in [6.07, 6.45) is 2.80. The molecule has 2 atom stereocenters. The van der Waals surface area contributed by atoms with Crippen LogP contribution in [0.5, 0.6) is 0 Å². The van der Waals surface area contributed by atoms with Crippen molar-refractivity contribution in [3.05, 3.63) is 35.5 Å². The Bertz CT molecular complexity index is 909. The van der Waals surface area contributed by atoms with E-state index in [1.165, 1.54) is 5.69 Å². The number of nitrogens with one attached hydrogen (secondary N) is 1. The number of anilines is 1. The number of halogens is 4. The third-order valence-corrected chi connectivity index (χ3v) is 7.52. The number of benzene rings is 1. The highest BCUT2D eigenvalue weighted by atomic mass is 35.5. The number of aromatic nitrogens is 1. The highest BCUT2D eigenvalue weighted by Gasteiger charge is 2.36. The van der Waals surface area contributed by atoms with Gasteiger partial charge in [0.2, 0.25) is 5.91 Å². The molecule has 5 rings (SSSR count). The lowest BCUT2D eigenvalue weighted by Crippen LogP contribution is -2.51. The summed E-state index contributed by atoms with van der Waals surface area (Å²) in [6.45, 7) is 5.82. The second kappa shape index (κ2) is 12.2. The number of thioether (sulfide) groups is 1. The summed E-state index contributed by atoms with van der Waals surface area (Å²) in [5, 5.41) is 5.35. The highest BCUT2D eigenvalue weighted by molar-refractivity contribution is 7.99. The van der Waals surface area contributed by atoms with Crippen LogP contribution in [0.2, 0.25) is 5.02 Å². The molecule has 3 saturated heterocycles. The maximum Gasteiger partial charge on any atom is 0.240 e. The third kappa shape index (κ3) is 5.69. The number of carbonyl (C=O) groups is 1. The van der Waals surface area contributed by atoms with Gasteiger partial charge in [0.1, 0.15) is 0 Å². The van der Waals surface area contributed by atoms with E-state index in [0.29, 0.717) is 6.04 Å². The van der Waals surface area contributed by atoms with Crippen LogP contribution in [-0.4, -0.2) is 83.7 Å². The van der Waals surface area contributed by atoms with Crippen molar-refractivity contribution in [1.29, 1.82) is 0 Å². The van der Waals surface area contributed by atoms with Crippen molar-refractivity contribution < 1.29 is 4.79 Å². The molecule has 0 spiro atoms. The summed E-state index contributed by atoms with van der Waals surface area (Å²) < 4.78 is 0. The molecule has 0 unspecified atom stereocenters. The number of fused-ring (bicyclic) bond motifs is 1. The molecule has 2 aromatic rings. The van der Waals surface area contributed by atoms with Crippen molar-refractivity contribution in [2.45, 2.75) is 18.5 Å². The van der Waals surface area contributed by atoms with E-state index in [0.717, 1.165) is 73.2 Å². The average molecular weight is 541 g/mol. The van der Waals surface area contributed by atoms with E-state index in [-0.39, 0.29) is 49.2 Å². The first-order valence-corrected chi connectivity index (χ1v) is 11.9. The molecule has 3 aliphatic rings. The van der Waals surface area contributed by atoms with E-state index in [4.69, 9.17) is 11.6 Å². The number of carbonyl (C=O) groups excluding carboxylic acids is 1. The normalized spacial score (nSPS) is 23.4. The average Bonchev–Trinajstić information content (AvgIpc) is 3.45. The van der Waals surface area contributed by atoms with Gasteiger partial charge in [-0.2, -0.15) is 0 Å². The van der Waals surface area contributed by atoms with Gasteiger partial charge in [0.05, 0.1) is 17.4 Å². The molecule has 1 N–H and O–H groups in total. The minimum Gasteiger partial charge on any atom is -0.368 e. The van der Waals surface area contributed by atoms with E-state index < -0.39 is 0 Å². The number of rotatable bonds is 3. The summed E-state index contributed by atoms with van der Waals surface area (Å²) in [6, 6.07) is 8.48. The van der Waals surface area contributed by atoms with Crippen LogP contribution in [0.15, 0.2) is 30.5 Å². The van der Waals surface area contributed by atoms with E-state index in [1.807, 2.05) is 35.0 Å². The predicted octanol–water partition coefficient (Wildman–Crippen LogP) is 3.54. The predicted molar refractivity (Wildman–Crippen MR) is 142 cm³/mol. The van der Waals surface area contributed by atoms with Gasteiger partial charge in [-0.15, -0.1) is 49.0 Å². The molecular formula is C21H29Cl4N5OS. The van der Waals surface area contributed by atoms with Crippen LogP contribution in [0.1, 0.15) is 6.42 Å². The Hall–Kier alpha value is -0.670. The van der Waals surface area contributed by atoms with Crippen LogP contribution in [0.25, 0.3) is 10.9 Å². The molecule has 1 amide bonds. The third-order valence-electron chi connectivity index (χ3n) is 6.32. The number of piperazine rings is 1. The summed E-state index contributed by atoms with van der Waals surface area (Å²) in [7, 11) is 0. The van der Waals surface area contributed by atoms with Crippen LogP contribution in [0.3, 0.4) is 0 Å². The first-order chi connectivity index (χ1) is 14.2. The summed E-state index contributed by atoms with van der Waals surface area (Å²) in [4.78, 5) is 24.1. The summed E-state index contributed by atoms with van der Waals surface area (Å²) in [5.74, 6) is 2.21. The Kier molecular flexibility index (Phi) is 10.5. The number of hydrogen-bond donors (Lipinski definition) is 1. The van der Waals surface area contributed by atoms with Gasteiger partial charge in [-0.25, -0.2) is 0 Å². The van der Waals surface area contributed by atoms with Gasteiger partial charge in [0, 0.05) is 73.4 Å². The Labute approximate surface area is 217 Å². The second-order valence-corrected chi connectivity index (χ2v) is 9.52. The minimum atomic E-state index is -0.00869. The fourth-order valence-electron chi connectivity index (χ4n) is 4.70. The molecule has 32 heavy (non-hydrogen) atoms.